The highest BCUT2D eigenvalue weighted by Gasteiger charge is 2.29. The molecule has 2 rings (SSSR count). The van der Waals surface area contributed by atoms with Gasteiger partial charge < -0.3 is 10.6 Å². The Morgan fingerprint density at radius 3 is 2.36 bits per heavy atom. The van der Waals surface area contributed by atoms with Crippen molar-refractivity contribution in [3.8, 4) is 0 Å². The highest BCUT2D eigenvalue weighted by Crippen LogP contribution is 2.31. The maximum Gasteiger partial charge on any atom is 0.00978 e. The zero-order chi connectivity index (χ0) is 9.97. The van der Waals surface area contributed by atoms with E-state index in [4.69, 9.17) is 5.73 Å². The fourth-order valence-electron chi connectivity index (χ4n) is 3.06. The Morgan fingerprint density at radius 2 is 1.86 bits per heavy atom. The first-order valence-corrected chi connectivity index (χ1v) is 6.23. The second-order valence-corrected chi connectivity index (χ2v) is 5.29. The third-order valence-corrected chi connectivity index (χ3v) is 4.17. The molecule has 2 atom stereocenters. The molecule has 0 amide bonds. The summed E-state index contributed by atoms with van der Waals surface area (Å²) in [7, 11) is 0. The highest BCUT2D eigenvalue weighted by molar-refractivity contribution is 4.84. The summed E-state index contributed by atoms with van der Waals surface area (Å²) in [6.45, 7) is 5.90. The van der Waals surface area contributed by atoms with Gasteiger partial charge in [-0.25, -0.2) is 0 Å². The Kier molecular flexibility index (Phi) is 3.45. The van der Waals surface area contributed by atoms with Gasteiger partial charge in [0.05, 0.1) is 0 Å². The Bertz CT molecular complexity index is 173. The van der Waals surface area contributed by atoms with Gasteiger partial charge in [-0.2, -0.15) is 0 Å². The topological polar surface area (TPSA) is 29.3 Å². The fraction of sp³-hybridized carbons (Fsp3) is 1.00. The molecule has 1 saturated heterocycles. The second-order valence-electron chi connectivity index (χ2n) is 5.29. The minimum absolute atomic E-state index is 0.810. The van der Waals surface area contributed by atoms with E-state index in [0.29, 0.717) is 0 Å². The van der Waals surface area contributed by atoms with Crippen LogP contribution in [0.4, 0.5) is 0 Å². The van der Waals surface area contributed by atoms with E-state index >= 15 is 0 Å². The van der Waals surface area contributed by atoms with E-state index in [1.807, 2.05) is 0 Å². The molecule has 2 fully saturated rings. The summed E-state index contributed by atoms with van der Waals surface area (Å²) >= 11 is 0. The first-order valence-electron chi connectivity index (χ1n) is 6.23. The van der Waals surface area contributed by atoms with Crippen molar-refractivity contribution < 1.29 is 0 Å². The Balaban J connectivity index is 1.78. The predicted octanol–water partition coefficient (Wildman–Crippen LogP) is 1.85. The van der Waals surface area contributed by atoms with Crippen LogP contribution in [0.5, 0.6) is 0 Å². The fourth-order valence-corrected chi connectivity index (χ4v) is 3.06. The zero-order valence-electron chi connectivity index (χ0n) is 9.41. The quantitative estimate of drug-likeness (QED) is 0.730. The zero-order valence-corrected chi connectivity index (χ0v) is 9.41. The van der Waals surface area contributed by atoms with E-state index in [-0.39, 0.29) is 0 Å². The van der Waals surface area contributed by atoms with Crippen LogP contribution in [-0.4, -0.2) is 30.6 Å². The lowest BCUT2D eigenvalue weighted by Crippen LogP contribution is -2.41. The number of likely N-dealkylation sites (tertiary alicyclic amines) is 1. The third kappa shape index (κ3) is 2.29. The van der Waals surface area contributed by atoms with Gasteiger partial charge in [0.1, 0.15) is 0 Å². The minimum Gasteiger partial charge on any atom is -0.330 e. The van der Waals surface area contributed by atoms with Crippen LogP contribution < -0.4 is 5.73 Å². The van der Waals surface area contributed by atoms with Crippen molar-refractivity contribution in [1.82, 2.24) is 4.90 Å². The molecule has 2 heteroatoms. The van der Waals surface area contributed by atoms with Crippen LogP contribution in [0.25, 0.3) is 0 Å². The van der Waals surface area contributed by atoms with E-state index in [1.165, 1.54) is 45.2 Å². The minimum atomic E-state index is 0.810. The lowest BCUT2D eigenvalue weighted by atomic mass is 9.95. The summed E-state index contributed by atoms with van der Waals surface area (Å²) in [5.74, 6) is 1.78. The Labute approximate surface area is 87.8 Å². The molecule has 2 N–H and O–H groups in total. The number of rotatable bonds is 2. The van der Waals surface area contributed by atoms with Crippen LogP contribution in [0.2, 0.25) is 0 Å². The lowest BCUT2D eigenvalue weighted by Gasteiger charge is -2.35. The number of nitrogens with zero attached hydrogens (tertiary/aromatic N) is 1. The van der Waals surface area contributed by atoms with Crippen molar-refractivity contribution in [3.05, 3.63) is 0 Å². The molecule has 0 aromatic heterocycles. The van der Waals surface area contributed by atoms with Gasteiger partial charge >= 0.3 is 0 Å². The molecular formula is C12H24N2. The SMILES string of the molecule is CC1CCC(N2CCC(CN)CC2)C1. The maximum absolute atomic E-state index is 5.71. The number of nitrogens with two attached hydrogens (primary N) is 1. The molecule has 2 nitrogen and oxygen atoms in total. The van der Waals surface area contributed by atoms with Gasteiger partial charge in [-0.05, 0) is 63.6 Å². The summed E-state index contributed by atoms with van der Waals surface area (Å²) in [6.07, 6.45) is 6.99. The van der Waals surface area contributed by atoms with E-state index < -0.39 is 0 Å². The van der Waals surface area contributed by atoms with E-state index in [1.54, 1.807) is 0 Å². The molecule has 1 heterocycles. The molecule has 2 unspecified atom stereocenters. The van der Waals surface area contributed by atoms with Crippen LogP contribution in [0.3, 0.4) is 0 Å². The molecule has 0 spiro atoms. The molecule has 0 bridgehead atoms. The first kappa shape index (κ1) is 10.4. The number of hydrogen-bond donors (Lipinski definition) is 1. The summed E-state index contributed by atoms with van der Waals surface area (Å²) in [4.78, 5) is 2.72. The molecule has 14 heavy (non-hydrogen) atoms. The molecule has 2 aliphatic rings. The van der Waals surface area contributed by atoms with Crippen LogP contribution in [-0.2, 0) is 0 Å². The van der Waals surface area contributed by atoms with Crippen LogP contribution in [0.1, 0.15) is 39.0 Å². The first-order chi connectivity index (χ1) is 6.79. The van der Waals surface area contributed by atoms with Gasteiger partial charge in [-0.3, -0.25) is 0 Å². The average molecular weight is 196 g/mol. The predicted molar refractivity (Wildman–Crippen MR) is 60.2 cm³/mol. The Hall–Kier alpha value is -0.0800. The van der Waals surface area contributed by atoms with E-state index in [2.05, 4.69) is 11.8 Å². The van der Waals surface area contributed by atoms with Crippen molar-refractivity contribution in [2.45, 2.75) is 45.1 Å². The molecular weight excluding hydrogens is 172 g/mol. The standard InChI is InChI=1S/C12H24N2/c1-10-2-3-12(8-10)14-6-4-11(9-13)5-7-14/h10-12H,2-9,13H2,1H3. The summed E-state index contributed by atoms with van der Waals surface area (Å²) < 4.78 is 0. The maximum atomic E-state index is 5.71. The van der Waals surface area contributed by atoms with Gasteiger partial charge in [0.2, 0.25) is 0 Å². The van der Waals surface area contributed by atoms with Gasteiger partial charge in [-0.1, -0.05) is 6.92 Å². The molecule has 0 radical (unpaired) electrons. The monoisotopic (exact) mass is 196 g/mol. The van der Waals surface area contributed by atoms with E-state index in [0.717, 1.165) is 24.4 Å². The van der Waals surface area contributed by atoms with Crippen molar-refractivity contribution in [2.75, 3.05) is 19.6 Å². The third-order valence-electron chi connectivity index (χ3n) is 4.17. The molecule has 82 valence electrons. The van der Waals surface area contributed by atoms with Gasteiger partial charge in [-0.15, -0.1) is 0 Å². The average Bonchev–Trinajstić information content (AvgIpc) is 2.65. The second kappa shape index (κ2) is 4.63. The van der Waals surface area contributed by atoms with Crippen molar-refractivity contribution in [1.29, 1.82) is 0 Å². The van der Waals surface area contributed by atoms with Crippen molar-refractivity contribution in [3.63, 3.8) is 0 Å². The van der Waals surface area contributed by atoms with Crippen LogP contribution in [0, 0.1) is 11.8 Å². The molecule has 1 saturated carbocycles. The highest BCUT2D eigenvalue weighted by atomic mass is 15.2. The molecule has 1 aliphatic carbocycles. The van der Waals surface area contributed by atoms with Gasteiger partial charge in [0, 0.05) is 6.04 Å². The van der Waals surface area contributed by atoms with E-state index in [9.17, 15) is 0 Å². The van der Waals surface area contributed by atoms with Gasteiger partial charge in [0.25, 0.3) is 0 Å². The van der Waals surface area contributed by atoms with Crippen molar-refractivity contribution >= 4 is 0 Å². The van der Waals surface area contributed by atoms with Crippen molar-refractivity contribution in [2.24, 2.45) is 17.6 Å². The van der Waals surface area contributed by atoms with Crippen LogP contribution >= 0.6 is 0 Å². The molecule has 0 aromatic rings. The number of piperidine rings is 1. The summed E-state index contributed by atoms with van der Waals surface area (Å²) in [5, 5.41) is 0. The molecule has 0 aromatic carbocycles. The lowest BCUT2D eigenvalue weighted by molar-refractivity contribution is 0.134. The smallest absolute Gasteiger partial charge is 0.00978 e. The normalized spacial score (nSPS) is 36.4. The van der Waals surface area contributed by atoms with Crippen LogP contribution in [0.15, 0.2) is 0 Å². The Morgan fingerprint density at radius 1 is 1.14 bits per heavy atom. The molecule has 1 aliphatic heterocycles. The summed E-state index contributed by atoms with van der Waals surface area (Å²) in [6, 6.07) is 0.906. The van der Waals surface area contributed by atoms with Gasteiger partial charge in [0.15, 0.2) is 0 Å². The number of hydrogen-bond acceptors (Lipinski definition) is 2. The largest absolute Gasteiger partial charge is 0.330 e. The summed E-state index contributed by atoms with van der Waals surface area (Å²) in [5.41, 5.74) is 5.71.